The molecule has 1 spiro atoms. The van der Waals surface area contributed by atoms with E-state index in [2.05, 4.69) is 6.58 Å². The highest BCUT2D eigenvalue weighted by molar-refractivity contribution is 7.89. The maximum Gasteiger partial charge on any atom is 0.341 e. The van der Waals surface area contributed by atoms with Crippen molar-refractivity contribution in [3.8, 4) is 5.75 Å². The normalized spacial score (nSPS) is 20.5. The minimum atomic E-state index is -4.00. The van der Waals surface area contributed by atoms with E-state index in [4.69, 9.17) is 21.1 Å². The van der Waals surface area contributed by atoms with Gasteiger partial charge < -0.3 is 14.6 Å². The number of piperidine rings is 1. The Labute approximate surface area is 323 Å². The van der Waals surface area contributed by atoms with Gasteiger partial charge in [0.1, 0.15) is 5.75 Å². The fraction of sp³-hybridized carbons (Fsp3) is 0.341. The molecule has 286 valence electrons. The number of nitrogens with zero attached hydrogens (tertiary/aromatic N) is 2. The molecule has 10 nitrogen and oxygen atoms in total. The number of rotatable bonds is 13. The van der Waals surface area contributed by atoms with Crippen molar-refractivity contribution < 1.29 is 36.2 Å². The first-order valence-corrected chi connectivity index (χ1v) is 21.0. The number of carbonyl (C=O) groups is 1. The first kappa shape index (κ1) is 39.6. The van der Waals surface area contributed by atoms with Gasteiger partial charge in [-0.05, 0) is 86.2 Å². The summed E-state index contributed by atoms with van der Waals surface area (Å²) >= 11 is 6.04. The van der Waals surface area contributed by atoms with E-state index in [1.165, 1.54) is 46.0 Å². The van der Waals surface area contributed by atoms with Crippen molar-refractivity contribution in [1.82, 2.24) is 8.61 Å². The molecule has 0 aliphatic carbocycles. The largest absolute Gasteiger partial charge is 0.482 e. The van der Waals surface area contributed by atoms with Gasteiger partial charge in [0.15, 0.2) is 6.61 Å². The molecular weight excluding hydrogens is 748 g/mol. The summed E-state index contributed by atoms with van der Waals surface area (Å²) < 4.78 is 71.2. The van der Waals surface area contributed by atoms with Crippen LogP contribution in [-0.4, -0.2) is 69.4 Å². The molecule has 13 heteroatoms. The highest BCUT2D eigenvalue weighted by Crippen LogP contribution is 2.55. The van der Waals surface area contributed by atoms with Gasteiger partial charge in [-0.1, -0.05) is 84.4 Å². The third-order valence-electron chi connectivity index (χ3n) is 10.6. The number of ether oxygens (including phenoxy) is 2. The number of aliphatic carboxylic acids is 1. The molecule has 0 radical (unpaired) electrons. The zero-order valence-corrected chi connectivity index (χ0v) is 32.7. The lowest BCUT2D eigenvalue weighted by Gasteiger charge is -2.53. The van der Waals surface area contributed by atoms with Crippen LogP contribution in [0.3, 0.4) is 0 Å². The van der Waals surface area contributed by atoms with Gasteiger partial charge in [0.25, 0.3) is 0 Å². The van der Waals surface area contributed by atoms with Crippen molar-refractivity contribution in [3.63, 3.8) is 0 Å². The van der Waals surface area contributed by atoms with Gasteiger partial charge in [-0.25, -0.2) is 21.6 Å². The van der Waals surface area contributed by atoms with Gasteiger partial charge in [-0.15, -0.1) is 0 Å². The molecule has 2 heterocycles. The highest BCUT2D eigenvalue weighted by Gasteiger charge is 2.52. The predicted molar refractivity (Wildman–Crippen MR) is 207 cm³/mol. The molecule has 6 rings (SSSR count). The van der Waals surface area contributed by atoms with Gasteiger partial charge in [-0.3, -0.25) is 0 Å². The van der Waals surface area contributed by atoms with Crippen LogP contribution in [0, 0.1) is 11.3 Å². The molecular formula is C41H45ClN2O8S2. The number of hydrogen-bond donors (Lipinski definition) is 1. The Morgan fingerprint density at radius 1 is 0.926 bits per heavy atom. The van der Waals surface area contributed by atoms with Crippen LogP contribution in [0.25, 0.3) is 0 Å². The zero-order valence-electron chi connectivity index (χ0n) is 30.3. The monoisotopic (exact) mass is 792 g/mol. The SMILES string of the molecule is C=C(C)[C@@H]1CC2(CCN(S(=O)(=O)c3ccc(Cl)cc3)CC2)[C@@H](Cc2ccccc2)O[C@H]1c1cc(S(=O)(=O)N(C)Cc2ccccc2)ccc1OCC(=O)O. The van der Waals surface area contributed by atoms with E-state index in [1.807, 2.05) is 67.6 Å². The summed E-state index contributed by atoms with van der Waals surface area (Å²) in [5, 5.41) is 9.98. The molecule has 3 atom stereocenters. The van der Waals surface area contributed by atoms with Crippen LogP contribution in [0.2, 0.25) is 5.02 Å². The van der Waals surface area contributed by atoms with Crippen molar-refractivity contribution >= 4 is 37.6 Å². The Balaban J connectivity index is 1.37. The molecule has 0 aromatic heterocycles. The first-order chi connectivity index (χ1) is 25.7. The van der Waals surface area contributed by atoms with Crippen molar-refractivity contribution in [1.29, 1.82) is 0 Å². The molecule has 2 aliphatic rings. The van der Waals surface area contributed by atoms with E-state index >= 15 is 0 Å². The number of benzene rings is 4. The molecule has 4 aromatic carbocycles. The number of sulfonamides is 2. The second kappa shape index (κ2) is 16.4. The molecule has 54 heavy (non-hydrogen) atoms. The fourth-order valence-electron chi connectivity index (χ4n) is 7.65. The summed E-state index contributed by atoms with van der Waals surface area (Å²) in [6.45, 7) is 6.31. The van der Waals surface area contributed by atoms with Gasteiger partial charge in [0.05, 0.1) is 22.0 Å². The van der Waals surface area contributed by atoms with Crippen molar-refractivity contribution in [2.75, 3.05) is 26.7 Å². The smallest absolute Gasteiger partial charge is 0.341 e. The van der Waals surface area contributed by atoms with E-state index < -0.39 is 50.2 Å². The van der Waals surface area contributed by atoms with Crippen LogP contribution in [0.15, 0.2) is 125 Å². The fourth-order valence-corrected chi connectivity index (χ4v) is 10.4. The molecule has 1 N–H and O–H groups in total. The van der Waals surface area contributed by atoms with Crippen molar-refractivity contribution in [2.45, 2.75) is 61.2 Å². The van der Waals surface area contributed by atoms with E-state index in [0.29, 0.717) is 36.3 Å². The average Bonchev–Trinajstić information content (AvgIpc) is 3.15. The molecule has 2 aliphatic heterocycles. The average molecular weight is 793 g/mol. The molecule has 0 unspecified atom stereocenters. The summed E-state index contributed by atoms with van der Waals surface area (Å²) in [4.78, 5) is 11.9. The Bertz CT molecular complexity index is 2180. The van der Waals surface area contributed by atoms with E-state index in [9.17, 15) is 26.7 Å². The summed E-state index contributed by atoms with van der Waals surface area (Å²) in [7, 11) is -6.26. The van der Waals surface area contributed by atoms with Crippen LogP contribution in [0.5, 0.6) is 5.75 Å². The summed E-state index contributed by atoms with van der Waals surface area (Å²) in [5.74, 6) is -1.30. The molecule has 0 saturated carbocycles. The third-order valence-corrected chi connectivity index (χ3v) is 14.6. The van der Waals surface area contributed by atoms with E-state index in [-0.39, 0.29) is 41.1 Å². The van der Waals surface area contributed by atoms with Crippen LogP contribution < -0.4 is 4.74 Å². The molecule has 0 amide bonds. The van der Waals surface area contributed by atoms with Crippen LogP contribution in [-0.2, 0) is 42.5 Å². The van der Waals surface area contributed by atoms with Crippen molar-refractivity contribution in [2.24, 2.45) is 11.3 Å². The standard InChI is InChI=1S/C41H45ClN2O8S2/c1-29(2)36-26-41(20-22-44(23-21-41)54(49,50)33-16-14-32(42)15-17-33)38(24-30-10-6-4-7-11-30)52-40(36)35-25-34(18-19-37(35)51-28-39(45)46)53(47,48)43(3)27-31-12-8-5-9-13-31/h4-19,25,36,38,40H,1,20-24,26-28H2,2-3H3,(H,45,46)/t36-,38+,40-/m0/s1. The summed E-state index contributed by atoms with van der Waals surface area (Å²) in [6, 6.07) is 29.8. The van der Waals surface area contributed by atoms with E-state index in [0.717, 1.165) is 16.7 Å². The van der Waals surface area contributed by atoms with Crippen molar-refractivity contribution in [3.05, 3.63) is 137 Å². The Kier molecular flexibility index (Phi) is 12.0. The molecule has 2 saturated heterocycles. The Hall–Kier alpha value is -4.04. The maximum atomic E-state index is 14.0. The Morgan fingerprint density at radius 2 is 1.52 bits per heavy atom. The quantitative estimate of drug-likeness (QED) is 0.139. The number of hydrogen-bond acceptors (Lipinski definition) is 7. The second-order valence-corrected chi connectivity index (χ2v) is 18.7. The molecule has 4 aromatic rings. The minimum Gasteiger partial charge on any atom is -0.482 e. The number of halogens is 1. The minimum absolute atomic E-state index is 0.0169. The second-order valence-electron chi connectivity index (χ2n) is 14.2. The molecule has 2 fully saturated rings. The summed E-state index contributed by atoms with van der Waals surface area (Å²) in [5.41, 5.74) is 2.61. The number of carboxylic acid groups (broad SMARTS) is 1. The zero-order chi connectivity index (χ0) is 38.7. The summed E-state index contributed by atoms with van der Waals surface area (Å²) in [6.07, 6.45) is 1.00. The predicted octanol–water partition coefficient (Wildman–Crippen LogP) is 7.36. The van der Waals surface area contributed by atoms with Crippen LogP contribution in [0.1, 0.15) is 49.0 Å². The van der Waals surface area contributed by atoms with Gasteiger partial charge >= 0.3 is 5.97 Å². The first-order valence-electron chi connectivity index (χ1n) is 17.8. The van der Waals surface area contributed by atoms with Gasteiger partial charge in [-0.2, -0.15) is 8.61 Å². The highest BCUT2D eigenvalue weighted by atomic mass is 35.5. The third kappa shape index (κ3) is 8.59. The van der Waals surface area contributed by atoms with Gasteiger partial charge in [0, 0.05) is 48.6 Å². The van der Waals surface area contributed by atoms with Crippen LogP contribution in [0.4, 0.5) is 0 Å². The lowest BCUT2D eigenvalue weighted by atomic mass is 9.63. The maximum absolute atomic E-state index is 14.0. The Morgan fingerprint density at radius 3 is 2.11 bits per heavy atom. The van der Waals surface area contributed by atoms with Crippen LogP contribution >= 0.6 is 11.6 Å². The lowest BCUT2D eigenvalue weighted by molar-refractivity contribution is -0.166. The topological polar surface area (TPSA) is 131 Å². The number of carboxylic acids is 1. The lowest BCUT2D eigenvalue weighted by Crippen LogP contribution is -2.53. The molecule has 0 bridgehead atoms. The van der Waals surface area contributed by atoms with Gasteiger partial charge in [0.2, 0.25) is 20.0 Å². The van der Waals surface area contributed by atoms with E-state index in [1.54, 1.807) is 12.1 Å².